The van der Waals surface area contributed by atoms with Crippen molar-refractivity contribution in [1.29, 1.82) is 0 Å². The number of thiol groups is 1. The quantitative estimate of drug-likeness (QED) is 0.377. The van der Waals surface area contributed by atoms with Crippen molar-refractivity contribution in [2.75, 3.05) is 12.4 Å². The van der Waals surface area contributed by atoms with E-state index in [4.69, 9.17) is 16.3 Å². The van der Waals surface area contributed by atoms with Gasteiger partial charge >= 0.3 is 5.69 Å². The lowest BCUT2D eigenvalue weighted by molar-refractivity contribution is -0.385. The average molecular weight is 248 g/mol. The highest BCUT2D eigenvalue weighted by Gasteiger charge is 2.17. The van der Waals surface area contributed by atoms with Crippen LogP contribution < -0.4 is 4.74 Å². The zero-order valence-electron chi connectivity index (χ0n) is 7.85. The van der Waals surface area contributed by atoms with Gasteiger partial charge in [0.15, 0.2) is 0 Å². The van der Waals surface area contributed by atoms with Crippen molar-refractivity contribution < 1.29 is 9.66 Å². The standard InChI is InChI=1S/C9H10ClNO3S/c10-7-3-1-4-8(11(12)13)9(7)14-5-2-6-15/h1,3-4,15H,2,5-6H2. The fourth-order valence-electron chi connectivity index (χ4n) is 1.02. The molecule has 82 valence electrons. The fourth-order valence-corrected chi connectivity index (χ4v) is 1.38. The molecule has 0 bridgehead atoms. The second-order valence-corrected chi connectivity index (χ2v) is 3.63. The monoisotopic (exact) mass is 247 g/mol. The van der Waals surface area contributed by atoms with E-state index in [2.05, 4.69) is 12.6 Å². The van der Waals surface area contributed by atoms with E-state index < -0.39 is 4.92 Å². The number of para-hydroxylation sites is 1. The van der Waals surface area contributed by atoms with Gasteiger partial charge < -0.3 is 4.74 Å². The molecule has 1 rings (SSSR count). The normalized spacial score (nSPS) is 10.0. The third kappa shape index (κ3) is 3.28. The molecule has 1 aromatic rings. The third-order valence-corrected chi connectivity index (χ3v) is 2.31. The second-order valence-electron chi connectivity index (χ2n) is 2.77. The van der Waals surface area contributed by atoms with Crippen LogP contribution in [-0.4, -0.2) is 17.3 Å². The van der Waals surface area contributed by atoms with Crippen molar-refractivity contribution in [2.24, 2.45) is 0 Å². The van der Waals surface area contributed by atoms with Gasteiger partial charge in [-0.2, -0.15) is 12.6 Å². The second kappa shape index (κ2) is 5.82. The minimum absolute atomic E-state index is 0.110. The van der Waals surface area contributed by atoms with Crippen LogP contribution in [0.2, 0.25) is 5.02 Å². The van der Waals surface area contributed by atoms with Crippen LogP contribution in [0.4, 0.5) is 5.69 Å². The van der Waals surface area contributed by atoms with Gasteiger partial charge in [-0.3, -0.25) is 10.1 Å². The number of halogens is 1. The molecule has 0 aliphatic carbocycles. The highest BCUT2D eigenvalue weighted by Crippen LogP contribution is 2.34. The first-order valence-corrected chi connectivity index (χ1v) is 5.34. The zero-order chi connectivity index (χ0) is 11.3. The number of nitrogens with zero attached hydrogens (tertiary/aromatic N) is 1. The lowest BCUT2D eigenvalue weighted by Gasteiger charge is -2.07. The molecule has 0 heterocycles. The molecule has 0 amide bonds. The minimum Gasteiger partial charge on any atom is -0.486 e. The van der Waals surface area contributed by atoms with E-state index in [9.17, 15) is 10.1 Å². The molecule has 0 saturated carbocycles. The molecule has 6 heteroatoms. The van der Waals surface area contributed by atoms with Crippen molar-refractivity contribution in [1.82, 2.24) is 0 Å². The predicted octanol–water partition coefficient (Wildman–Crippen LogP) is 2.95. The predicted molar refractivity (Wildman–Crippen MR) is 62.1 cm³/mol. The number of rotatable bonds is 5. The van der Waals surface area contributed by atoms with Gasteiger partial charge in [-0.25, -0.2) is 0 Å². The molecule has 0 atom stereocenters. The molecule has 15 heavy (non-hydrogen) atoms. The maximum Gasteiger partial charge on any atom is 0.312 e. The van der Waals surface area contributed by atoms with Crippen molar-refractivity contribution in [3.63, 3.8) is 0 Å². The number of nitro groups is 1. The van der Waals surface area contributed by atoms with Crippen LogP contribution in [0, 0.1) is 10.1 Å². The summed E-state index contributed by atoms with van der Waals surface area (Å²) in [6.45, 7) is 0.369. The Morgan fingerprint density at radius 3 is 2.87 bits per heavy atom. The molecule has 0 aromatic heterocycles. The molecule has 0 aliphatic heterocycles. The average Bonchev–Trinajstić information content (AvgIpc) is 2.20. The lowest BCUT2D eigenvalue weighted by atomic mass is 10.3. The molecule has 1 aromatic carbocycles. The van der Waals surface area contributed by atoms with Crippen LogP contribution >= 0.6 is 24.2 Å². The Balaban J connectivity index is 2.87. The molecule has 0 saturated heterocycles. The fraction of sp³-hybridized carbons (Fsp3) is 0.333. The lowest BCUT2D eigenvalue weighted by Crippen LogP contribution is -2.01. The van der Waals surface area contributed by atoms with Crippen LogP contribution in [0.15, 0.2) is 18.2 Å². The summed E-state index contributed by atoms with van der Waals surface area (Å²) in [6, 6.07) is 4.44. The molecule has 0 radical (unpaired) electrons. The molecule has 0 N–H and O–H groups in total. The maximum atomic E-state index is 10.7. The van der Waals surface area contributed by atoms with Crippen LogP contribution in [0.3, 0.4) is 0 Å². The highest BCUT2D eigenvalue weighted by atomic mass is 35.5. The SMILES string of the molecule is O=[N+]([O-])c1cccc(Cl)c1OCCCS. The van der Waals surface area contributed by atoms with Crippen molar-refractivity contribution >= 4 is 29.9 Å². The van der Waals surface area contributed by atoms with Gasteiger partial charge in [-0.05, 0) is 18.2 Å². The van der Waals surface area contributed by atoms with E-state index in [1.165, 1.54) is 12.1 Å². The first kappa shape index (κ1) is 12.1. The first-order valence-electron chi connectivity index (χ1n) is 4.33. The van der Waals surface area contributed by atoms with E-state index in [-0.39, 0.29) is 16.5 Å². The zero-order valence-corrected chi connectivity index (χ0v) is 9.50. The van der Waals surface area contributed by atoms with Crippen molar-refractivity contribution in [3.8, 4) is 5.75 Å². The van der Waals surface area contributed by atoms with Gasteiger partial charge in [0.25, 0.3) is 0 Å². The van der Waals surface area contributed by atoms with E-state index in [0.717, 1.165) is 0 Å². The van der Waals surface area contributed by atoms with E-state index in [1.54, 1.807) is 6.07 Å². The summed E-state index contributed by atoms with van der Waals surface area (Å²) in [6.07, 6.45) is 0.714. The Kier molecular flexibility index (Phi) is 4.71. The molecule has 0 fully saturated rings. The van der Waals surface area contributed by atoms with Crippen LogP contribution in [0.1, 0.15) is 6.42 Å². The summed E-state index contributed by atoms with van der Waals surface area (Å²) >= 11 is 9.82. The van der Waals surface area contributed by atoms with E-state index in [1.807, 2.05) is 0 Å². The largest absolute Gasteiger partial charge is 0.486 e. The molecule has 4 nitrogen and oxygen atoms in total. The summed E-state index contributed by atoms with van der Waals surface area (Å²) in [5, 5.41) is 10.9. The van der Waals surface area contributed by atoms with Gasteiger partial charge in [-0.1, -0.05) is 17.7 Å². The van der Waals surface area contributed by atoms with Gasteiger partial charge in [0.05, 0.1) is 16.6 Å². The number of ether oxygens (including phenoxy) is 1. The molecule has 0 unspecified atom stereocenters. The Labute approximate surface area is 97.8 Å². The van der Waals surface area contributed by atoms with Crippen molar-refractivity contribution in [2.45, 2.75) is 6.42 Å². The molecular weight excluding hydrogens is 238 g/mol. The summed E-state index contributed by atoms with van der Waals surface area (Å²) in [7, 11) is 0. The third-order valence-electron chi connectivity index (χ3n) is 1.69. The smallest absolute Gasteiger partial charge is 0.312 e. The summed E-state index contributed by atoms with van der Waals surface area (Å²) in [4.78, 5) is 10.1. The highest BCUT2D eigenvalue weighted by molar-refractivity contribution is 7.80. The minimum atomic E-state index is -0.512. The van der Waals surface area contributed by atoms with Crippen LogP contribution in [0.5, 0.6) is 5.75 Å². The topological polar surface area (TPSA) is 52.4 Å². The van der Waals surface area contributed by atoms with Crippen molar-refractivity contribution in [3.05, 3.63) is 33.3 Å². The van der Waals surface area contributed by atoms with Crippen LogP contribution in [-0.2, 0) is 0 Å². The number of hydrogen-bond donors (Lipinski definition) is 1. The Morgan fingerprint density at radius 2 is 2.27 bits per heavy atom. The van der Waals surface area contributed by atoms with Gasteiger partial charge in [-0.15, -0.1) is 0 Å². The number of nitro benzene ring substituents is 1. The molecular formula is C9H10ClNO3S. The maximum absolute atomic E-state index is 10.7. The summed E-state index contributed by atoms with van der Waals surface area (Å²) in [5.41, 5.74) is -0.110. The Hall–Kier alpha value is -0.940. The van der Waals surface area contributed by atoms with E-state index >= 15 is 0 Å². The molecule has 0 spiro atoms. The Morgan fingerprint density at radius 1 is 1.53 bits per heavy atom. The number of benzene rings is 1. The summed E-state index contributed by atoms with van der Waals surface area (Å²) in [5.74, 6) is 0.795. The summed E-state index contributed by atoms with van der Waals surface area (Å²) < 4.78 is 5.25. The van der Waals surface area contributed by atoms with Gasteiger partial charge in [0.2, 0.25) is 5.75 Å². The number of hydrogen-bond acceptors (Lipinski definition) is 4. The van der Waals surface area contributed by atoms with Gasteiger partial charge in [0.1, 0.15) is 0 Å². The Bertz CT molecular complexity index is 359. The van der Waals surface area contributed by atoms with Crippen LogP contribution in [0.25, 0.3) is 0 Å². The van der Waals surface area contributed by atoms with Gasteiger partial charge in [0, 0.05) is 6.07 Å². The molecule has 0 aliphatic rings. The first-order chi connectivity index (χ1) is 7.16. The van der Waals surface area contributed by atoms with E-state index in [0.29, 0.717) is 18.8 Å².